The highest BCUT2D eigenvalue weighted by Crippen LogP contribution is 2.36. The lowest BCUT2D eigenvalue weighted by atomic mass is 10.1. The molecule has 0 aliphatic carbocycles. The van der Waals surface area contributed by atoms with E-state index in [1.165, 1.54) is 0 Å². The zero-order valence-electron chi connectivity index (χ0n) is 9.94. The molecule has 0 saturated carbocycles. The van der Waals surface area contributed by atoms with Gasteiger partial charge < -0.3 is 0 Å². The molecule has 1 aliphatic heterocycles. The Morgan fingerprint density at radius 1 is 1.32 bits per heavy atom. The maximum atomic E-state index is 13.0. The van der Waals surface area contributed by atoms with Crippen LogP contribution in [0, 0.1) is 0 Å². The Labute approximate surface area is 107 Å². The molecule has 100 valence electrons. The molecule has 1 aromatic carbocycles. The van der Waals surface area contributed by atoms with Gasteiger partial charge in [-0.3, -0.25) is 4.98 Å². The van der Waals surface area contributed by atoms with E-state index in [9.17, 15) is 13.2 Å². The van der Waals surface area contributed by atoms with Crippen LogP contribution in [0.3, 0.4) is 0 Å². The van der Waals surface area contributed by atoms with Gasteiger partial charge >= 0.3 is 6.11 Å². The second-order valence-electron chi connectivity index (χ2n) is 4.36. The molecule has 2 aromatic rings. The SMILES string of the molecule is FCC(F)(F)ON1CCc2cnc3ccccc3c21. The number of pyridine rings is 1. The number of aromatic nitrogens is 1. The van der Waals surface area contributed by atoms with Gasteiger partial charge in [-0.25, -0.2) is 9.45 Å². The van der Waals surface area contributed by atoms with Crippen LogP contribution >= 0.6 is 0 Å². The van der Waals surface area contributed by atoms with E-state index < -0.39 is 12.8 Å². The molecule has 0 N–H and O–H groups in total. The molecule has 0 saturated heterocycles. The van der Waals surface area contributed by atoms with Crippen LogP contribution < -0.4 is 5.06 Å². The Balaban J connectivity index is 2.05. The third kappa shape index (κ3) is 2.12. The van der Waals surface area contributed by atoms with Gasteiger partial charge in [-0.05, 0) is 18.1 Å². The average Bonchev–Trinajstić information content (AvgIpc) is 2.82. The number of anilines is 1. The molecule has 0 spiro atoms. The molecule has 6 heteroatoms. The van der Waals surface area contributed by atoms with Gasteiger partial charge in [-0.2, -0.15) is 13.6 Å². The van der Waals surface area contributed by atoms with Gasteiger partial charge in [-0.15, -0.1) is 0 Å². The number of hydroxylamine groups is 1. The Morgan fingerprint density at radius 3 is 2.89 bits per heavy atom. The number of fused-ring (bicyclic) bond motifs is 3. The molecule has 1 aromatic heterocycles. The van der Waals surface area contributed by atoms with Crippen molar-refractivity contribution in [2.45, 2.75) is 12.5 Å². The molecule has 0 bridgehead atoms. The summed E-state index contributed by atoms with van der Waals surface area (Å²) in [4.78, 5) is 8.74. The molecule has 3 nitrogen and oxygen atoms in total. The molecule has 2 heterocycles. The van der Waals surface area contributed by atoms with E-state index in [-0.39, 0.29) is 6.54 Å². The van der Waals surface area contributed by atoms with E-state index in [1.54, 1.807) is 24.4 Å². The van der Waals surface area contributed by atoms with Gasteiger partial charge in [0.2, 0.25) is 0 Å². The number of alkyl halides is 3. The lowest BCUT2D eigenvalue weighted by Gasteiger charge is -2.24. The van der Waals surface area contributed by atoms with Crippen LogP contribution in [0.4, 0.5) is 18.9 Å². The number of hydrogen-bond donors (Lipinski definition) is 0. The Kier molecular flexibility index (Phi) is 2.82. The van der Waals surface area contributed by atoms with Crippen molar-refractivity contribution >= 4 is 16.6 Å². The van der Waals surface area contributed by atoms with Crippen molar-refractivity contribution in [3.63, 3.8) is 0 Å². The first-order valence-electron chi connectivity index (χ1n) is 5.88. The van der Waals surface area contributed by atoms with Crippen LogP contribution in [0.5, 0.6) is 0 Å². The molecule has 0 amide bonds. The number of nitrogens with zero attached hydrogens (tertiary/aromatic N) is 2. The van der Waals surface area contributed by atoms with Gasteiger partial charge in [0.25, 0.3) is 0 Å². The summed E-state index contributed by atoms with van der Waals surface area (Å²) < 4.78 is 38.3. The van der Waals surface area contributed by atoms with Crippen LogP contribution in [0.1, 0.15) is 5.56 Å². The van der Waals surface area contributed by atoms with Crippen molar-refractivity contribution in [2.24, 2.45) is 0 Å². The summed E-state index contributed by atoms with van der Waals surface area (Å²) in [5.74, 6) is 0. The highest BCUT2D eigenvalue weighted by Gasteiger charge is 2.36. The van der Waals surface area contributed by atoms with Gasteiger partial charge in [0.1, 0.15) is 0 Å². The maximum Gasteiger partial charge on any atom is 0.403 e. The summed E-state index contributed by atoms with van der Waals surface area (Å²) in [6, 6.07) is 7.20. The normalized spacial score (nSPS) is 15.0. The molecule has 0 radical (unpaired) electrons. The molecule has 0 unspecified atom stereocenters. The monoisotopic (exact) mass is 268 g/mol. The van der Waals surface area contributed by atoms with Crippen molar-refractivity contribution in [1.82, 2.24) is 4.98 Å². The third-order valence-electron chi connectivity index (χ3n) is 3.06. The van der Waals surface area contributed by atoms with Crippen molar-refractivity contribution in [1.29, 1.82) is 0 Å². The van der Waals surface area contributed by atoms with E-state index in [0.717, 1.165) is 16.0 Å². The first-order chi connectivity index (χ1) is 9.11. The van der Waals surface area contributed by atoms with Gasteiger partial charge in [-0.1, -0.05) is 18.2 Å². The largest absolute Gasteiger partial charge is 0.403 e. The second-order valence-corrected chi connectivity index (χ2v) is 4.36. The van der Waals surface area contributed by atoms with E-state index >= 15 is 0 Å². The fourth-order valence-corrected chi connectivity index (χ4v) is 2.26. The summed E-state index contributed by atoms with van der Waals surface area (Å²) in [5, 5.41) is 1.80. The smallest absolute Gasteiger partial charge is 0.256 e. The quantitative estimate of drug-likeness (QED) is 0.855. The van der Waals surface area contributed by atoms with E-state index in [2.05, 4.69) is 9.82 Å². The van der Waals surface area contributed by atoms with E-state index in [4.69, 9.17) is 0 Å². The molecular weight excluding hydrogens is 257 g/mol. The van der Waals surface area contributed by atoms with Crippen molar-refractivity contribution in [3.05, 3.63) is 36.0 Å². The molecule has 0 atom stereocenters. The Morgan fingerprint density at radius 2 is 2.11 bits per heavy atom. The summed E-state index contributed by atoms with van der Waals surface area (Å²) in [6.07, 6.45) is -1.60. The van der Waals surface area contributed by atoms with Crippen LogP contribution in [0.15, 0.2) is 30.5 Å². The minimum absolute atomic E-state index is 0.264. The fourth-order valence-electron chi connectivity index (χ4n) is 2.26. The minimum atomic E-state index is -3.80. The zero-order valence-corrected chi connectivity index (χ0v) is 9.94. The first-order valence-corrected chi connectivity index (χ1v) is 5.88. The fraction of sp³-hybridized carbons (Fsp3) is 0.308. The summed E-state index contributed by atoms with van der Waals surface area (Å²) in [5.41, 5.74) is 2.08. The predicted octanol–water partition coefficient (Wildman–Crippen LogP) is 3.09. The standard InChI is InChI=1S/C13H11F3N2O/c14-8-13(15,16)19-18-6-5-9-7-17-11-4-2-1-3-10(11)12(9)18/h1-4,7H,5-6,8H2. The van der Waals surface area contributed by atoms with Gasteiger partial charge in [0, 0.05) is 11.6 Å². The zero-order chi connectivity index (χ0) is 13.5. The van der Waals surface area contributed by atoms with Gasteiger partial charge in [0.05, 0.1) is 17.7 Å². The first kappa shape index (κ1) is 12.2. The Bertz CT molecular complexity index is 618. The van der Waals surface area contributed by atoms with Crippen LogP contribution in [0.2, 0.25) is 0 Å². The average molecular weight is 268 g/mol. The summed E-state index contributed by atoms with van der Waals surface area (Å²) >= 11 is 0. The number of hydrogen-bond acceptors (Lipinski definition) is 3. The maximum absolute atomic E-state index is 13.0. The van der Waals surface area contributed by atoms with Crippen molar-refractivity contribution in [2.75, 3.05) is 18.3 Å². The van der Waals surface area contributed by atoms with Crippen molar-refractivity contribution < 1.29 is 18.0 Å². The number of rotatable bonds is 3. The highest BCUT2D eigenvalue weighted by molar-refractivity contribution is 5.93. The lowest BCUT2D eigenvalue weighted by molar-refractivity contribution is -0.252. The minimum Gasteiger partial charge on any atom is -0.256 e. The highest BCUT2D eigenvalue weighted by atomic mass is 19.3. The predicted molar refractivity (Wildman–Crippen MR) is 64.8 cm³/mol. The molecule has 0 fully saturated rings. The summed E-state index contributed by atoms with van der Waals surface area (Å²) in [6.45, 7) is -1.58. The number of halogens is 3. The molecule has 3 rings (SSSR count). The van der Waals surface area contributed by atoms with Crippen LogP contribution in [-0.2, 0) is 11.3 Å². The molecule has 1 aliphatic rings. The number of para-hydroxylation sites is 1. The van der Waals surface area contributed by atoms with Crippen LogP contribution in [-0.4, -0.2) is 24.3 Å². The number of benzene rings is 1. The van der Waals surface area contributed by atoms with Gasteiger partial charge in [0.15, 0.2) is 6.67 Å². The van der Waals surface area contributed by atoms with E-state index in [0.29, 0.717) is 17.6 Å². The molecular formula is C13H11F3N2O. The van der Waals surface area contributed by atoms with Crippen molar-refractivity contribution in [3.8, 4) is 0 Å². The molecule has 19 heavy (non-hydrogen) atoms. The third-order valence-corrected chi connectivity index (χ3v) is 3.06. The van der Waals surface area contributed by atoms with E-state index in [1.807, 2.05) is 6.07 Å². The van der Waals surface area contributed by atoms with Crippen LogP contribution in [0.25, 0.3) is 10.9 Å². The lowest BCUT2D eigenvalue weighted by Crippen LogP contribution is -2.34. The second kappa shape index (κ2) is 4.38. The summed E-state index contributed by atoms with van der Waals surface area (Å²) in [7, 11) is 0. The Hall–Kier alpha value is -1.82. The topological polar surface area (TPSA) is 25.4 Å².